The van der Waals surface area contributed by atoms with Crippen molar-refractivity contribution in [2.24, 2.45) is 0 Å². The molecule has 280 valence electrons. The molecule has 0 spiro atoms. The van der Waals surface area contributed by atoms with E-state index < -0.39 is 0 Å². The number of aromatic nitrogens is 3. The number of rotatable bonds is 6. The van der Waals surface area contributed by atoms with E-state index in [0.29, 0.717) is 39.7 Å². The van der Waals surface area contributed by atoms with Gasteiger partial charge in [-0.1, -0.05) is 135 Å². The second-order valence-corrected chi connectivity index (χ2v) is 15.1. The summed E-state index contributed by atoms with van der Waals surface area (Å²) in [7, 11) is 0. The third-order valence-corrected chi connectivity index (χ3v) is 10.4. The molecule has 0 fully saturated rings. The second kappa shape index (κ2) is 14.6. The maximum absolute atomic E-state index is 8.01. The van der Waals surface area contributed by atoms with Gasteiger partial charge in [0, 0.05) is 28.8 Å². The molecule has 3 aromatic heterocycles. The molecule has 10 rings (SSSR count). The van der Waals surface area contributed by atoms with Gasteiger partial charge >= 0.3 is 21.1 Å². The fraction of sp³-hybridized carbons (Fsp3) is 0.0784. The number of furan rings is 1. The van der Waals surface area contributed by atoms with Crippen molar-refractivity contribution in [2.75, 3.05) is 0 Å². The van der Waals surface area contributed by atoms with Crippen LogP contribution in [0.15, 0.2) is 156 Å². The Labute approximate surface area is 350 Å². The summed E-state index contributed by atoms with van der Waals surface area (Å²) in [5, 5.41) is 3.50. The van der Waals surface area contributed by atoms with Crippen LogP contribution in [-0.4, -0.2) is 14.5 Å². The van der Waals surface area contributed by atoms with Crippen LogP contribution < -0.4 is 4.74 Å². The molecule has 6 nitrogen and oxygen atoms in total. The Kier molecular flexibility index (Phi) is 9.27. The Morgan fingerprint density at radius 2 is 1.48 bits per heavy atom. The van der Waals surface area contributed by atoms with Crippen LogP contribution in [0.25, 0.3) is 88.0 Å². The fourth-order valence-corrected chi connectivity index (χ4v) is 7.82. The van der Waals surface area contributed by atoms with Gasteiger partial charge in [0.25, 0.3) is 0 Å². The molecule has 7 aromatic carbocycles. The van der Waals surface area contributed by atoms with Crippen molar-refractivity contribution >= 4 is 49.4 Å². The van der Waals surface area contributed by atoms with E-state index in [9.17, 15) is 0 Å². The van der Waals surface area contributed by atoms with E-state index in [4.69, 9.17) is 20.7 Å². The van der Waals surface area contributed by atoms with E-state index in [1.54, 1.807) is 6.20 Å². The van der Waals surface area contributed by atoms with Crippen LogP contribution >= 0.6 is 0 Å². The summed E-state index contributed by atoms with van der Waals surface area (Å²) in [4.78, 5) is 13.7. The molecule has 7 heteroatoms. The minimum atomic E-state index is -0.227. The van der Waals surface area contributed by atoms with Crippen LogP contribution in [0.1, 0.15) is 26.3 Å². The monoisotopic (exact) mass is 929 g/mol. The first-order valence-electron chi connectivity index (χ1n) is 18.9. The Hall–Kier alpha value is -6.80. The van der Waals surface area contributed by atoms with Gasteiger partial charge in [0.15, 0.2) is 5.69 Å². The number of imidazole rings is 1. The standard InChI is InChI=1S/C51H34N4O2.Pt/c1-51(2,3)41-28-33(32-15-6-5-7-16-32)24-25-45(41)55-46-23-11-10-22-43(46)54-50(55)40-30-36(56-35-18-14-17-34(27-35)42-21-12-13-26-53-42)29-39-48-38-20-9-8-19-37(38)44(52-4)31-47(48)57-49(39)40;/h5-26,28-29,31H,1-3H3;/q-2;+2. The number of pyridine rings is 1. The maximum atomic E-state index is 8.01. The van der Waals surface area contributed by atoms with Gasteiger partial charge in [0.1, 0.15) is 5.58 Å². The molecule has 0 bridgehead atoms. The summed E-state index contributed by atoms with van der Waals surface area (Å²) in [6.07, 6.45) is 1.77. The molecule has 0 atom stereocenters. The number of ether oxygens (including phenoxy) is 1. The molecular weight excluding hydrogens is 896 g/mol. The van der Waals surface area contributed by atoms with Gasteiger partial charge in [-0.15, -0.1) is 23.8 Å². The summed E-state index contributed by atoms with van der Waals surface area (Å²) >= 11 is 0. The minimum absolute atomic E-state index is 0. The number of hydrogen-bond donors (Lipinski definition) is 0. The summed E-state index contributed by atoms with van der Waals surface area (Å²) in [5.74, 6) is 1.65. The van der Waals surface area contributed by atoms with Gasteiger partial charge in [0.05, 0.1) is 29.0 Å². The average Bonchev–Trinajstić information content (AvgIpc) is 3.82. The van der Waals surface area contributed by atoms with Crippen LogP contribution in [0.5, 0.6) is 11.5 Å². The molecule has 0 aliphatic rings. The molecule has 0 aliphatic carbocycles. The Bertz CT molecular complexity index is 3210. The first-order valence-corrected chi connectivity index (χ1v) is 18.9. The number of hydrogen-bond acceptors (Lipinski definition) is 4. The van der Waals surface area contributed by atoms with E-state index in [1.807, 2.05) is 97.1 Å². The van der Waals surface area contributed by atoms with Crippen molar-refractivity contribution in [1.82, 2.24) is 14.5 Å². The molecule has 0 amide bonds. The molecule has 0 radical (unpaired) electrons. The van der Waals surface area contributed by atoms with E-state index in [0.717, 1.165) is 66.2 Å². The van der Waals surface area contributed by atoms with Gasteiger partial charge < -0.3 is 18.7 Å². The van der Waals surface area contributed by atoms with Crippen LogP contribution in [0.2, 0.25) is 0 Å². The molecule has 10 aromatic rings. The Balaban J connectivity index is 0.00000436. The molecule has 3 heterocycles. The topological polar surface area (TPSA) is 57.4 Å². The molecule has 58 heavy (non-hydrogen) atoms. The zero-order valence-corrected chi connectivity index (χ0v) is 34.1. The van der Waals surface area contributed by atoms with Gasteiger partial charge in [-0.3, -0.25) is 4.98 Å². The molecule has 0 unspecified atom stereocenters. The first-order chi connectivity index (χ1) is 27.8. The summed E-state index contributed by atoms with van der Waals surface area (Å²) in [6, 6.07) is 55.8. The van der Waals surface area contributed by atoms with Crippen LogP contribution in [0.3, 0.4) is 0 Å². The van der Waals surface area contributed by atoms with Crippen molar-refractivity contribution in [3.05, 3.63) is 181 Å². The molecule has 0 N–H and O–H groups in total. The molecule has 0 saturated heterocycles. The van der Waals surface area contributed by atoms with Gasteiger partial charge in [-0.25, -0.2) is 4.85 Å². The fourth-order valence-electron chi connectivity index (χ4n) is 7.82. The summed E-state index contributed by atoms with van der Waals surface area (Å²) in [6.45, 7) is 14.7. The predicted octanol–water partition coefficient (Wildman–Crippen LogP) is 13.7. The van der Waals surface area contributed by atoms with Crippen molar-refractivity contribution in [3.8, 4) is 51.0 Å². The van der Waals surface area contributed by atoms with Crippen molar-refractivity contribution in [1.29, 1.82) is 0 Å². The average molecular weight is 930 g/mol. The number of para-hydroxylation sites is 2. The van der Waals surface area contributed by atoms with E-state index in [1.165, 1.54) is 0 Å². The zero-order chi connectivity index (χ0) is 38.7. The van der Waals surface area contributed by atoms with E-state index >= 15 is 0 Å². The normalized spacial score (nSPS) is 11.6. The van der Waals surface area contributed by atoms with Crippen LogP contribution in [0, 0.1) is 18.7 Å². The Morgan fingerprint density at radius 3 is 2.28 bits per heavy atom. The van der Waals surface area contributed by atoms with Crippen molar-refractivity contribution in [3.63, 3.8) is 0 Å². The van der Waals surface area contributed by atoms with Gasteiger partial charge in [0.2, 0.25) is 0 Å². The smallest absolute Gasteiger partial charge is 0.502 e. The van der Waals surface area contributed by atoms with Crippen LogP contribution in [0.4, 0.5) is 5.69 Å². The predicted molar refractivity (Wildman–Crippen MR) is 229 cm³/mol. The zero-order valence-electron chi connectivity index (χ0n) is 31.9. The summed E-state index contributed by atoms with van der Waals surface area (Å²) < 4.78 is 15.7. The Morgan fingerprint density at radius 1 is 0.707 bits per heavy atom. The van der Waals surface area contributed by atoms with Crippen molar-refractivity contribution in [2.45, 2.75) is 26.2 Å². The first kappa shape index (κ1) is 36.8. The number of benzene rings is 7. The van der Waals surface area contributed by atoms with E-state index in [-0.39, 0.29) is 26.5 Å². The third-order valence-electron chi connectivity index (χ3n) is 10.4. The van der Waals surface area contributed by atoms with Crippen LogP contribution in [-0.2, 0) is 26.5 Å². The minimum Gasteiger partial charge on any atom is -0.502 e. The third kappa shape index (κ3) is 6.35. The second-order valence-electron chi connectivity index (χ2n) is 15.1. The number of fused-ring (bicyclic) bond motifs is 6. The molecular formula is C51H34N4O2Pt. The van der Waals surface area contributed by atoms with E-state index in [2.05, 4.69) is 95.8 Å². The van der Waals surface area contributed by atoms with Crippen molar-refractivity contribution < 1.29 is 30.2 Å². The summed E-state index contributed by atoms with van der Waals surface area (Å²) in [5.41, 5.74) is 10.0. The maximum Gasteiger partial charge on any atom is 2.00 e. The SMILES string of the molecule is [C-]#[N+]c1cc2oc3c(-c4nc5ccccc5n4-c4ccc(-c5ccccc5)cc4C(C)(C)C)[c-]c(Oc4[c-]c(-c5ccccn5)ccc4)cc3c2c2ccccc12.[Pt+2]. The van der Waals surface area contributed by atoms with Gasteiger partial charge in [-0.2, -0.15) is 0 Å². The number of nitrogens with zero attached hydrogens (tertiary/aromatic N) is 4. The van der Waals surface area contributed by atoms with Gasteiger partial charge in [-0.05, 0) is 75.0 Å². The molecule has 0 aliphatic heterocycles. The molecule has 0 saturated carbocycles. The quantitative estimate of drug-likeness (QED) is 0.156. The largest absolute Gasteiger partial charge is 2.00 e.